The van der Waals surface area contributed by atoms with Crippen LogP contribution in [0.3, 0.4) is 0 Å². The maximum Gasteiger partial charge on any atom is 0.252 e. The summed E-state index contributed by atoms with van der Waals surface area (Å²) in [6.45, 7) is 0.149. The number of aromatic nitrogens is 1. The molecule has 0 radical (unpaired) electrons. The second-order valence-electron chi connectivity index (χ2n) is 10.9. The van der Waals surface area contributed by atoms with Gasteiger partial charge in [-0.3, -0.25) is 0 Å². The average Bonchev–Trinajstić information content (AvgIpc) is 3.40. The van der Waals surface area contributed by atoms with E-state index in [1.54, 1.807) is 0 Å². The van der Waals surface area contributed by atoms with Gasteiger partial charge in [-0.15, -0.1) is 0 Å². The van der Waals surface area contributed by atoms with Crippen LogP contribution in [0, 0.1) is 0 Å². The fraction of sp³-hybridized carbons (Fsp3) is 0. The Morgan fingerprint density at radius 1 is 0.439 bits per heavy atom. The Kier molecular flexibility index (Phi) is 4.73. The first-order chi connectivity index (χ1) is 20.4. The summed E-state index contributed by atoms with van der Waals surface area (Å²) in [6, 6.07) is 55.3. The van der Waals surface area contributed by atoms with Gasteiger partial charge in [0, 0.05) is 39.2 Å². The highest BCUT2D eigenvalue weighted by Gasteiger charge is 2.42. The van der Waals surface area contributed by atoms with Crippen LogP contribution in [0.2, 0.25) is 0 Å². The molecule has 3 heteroatoms. The van der Waals surface area contributed by atoms with Crippen molar-refractivity contribution in [3.05, 3.63) is 152 Å². The van der Waals surface area contributed by atoms with Gasteiger partial charge in [0.2, 0.25) is 0 Å². The molecule has 0 spiro atoms. The molecule has 3 heterocycles. The maximum absolute atomic E-state index is 2.55. The van der Waals surface area contributed by atoms with Crippen molar-refractivity contribution in [2.45, 2.75) is 0 Å². The van der Waals surface area contributed by atoms with Crippen molar-refractivity contribution in [1.29, 1.82) is 0 Å². The molecule has 1 aromatic heterocycles. The number of para-hydroxylation sites is 3. The number of hydrogen-bond acceptors (Lipinski definition) is 1. The minimum absolute atomic E-state index is 0.149. The van der Waals surface area contributed by atoms with E-state index in [9.17, 15) is 0 Å². The molecule has 190 valence electrons. The Labute approximate surface area is 239 Å². The summed E-state index contributed by atoms with van der Waals surface area (Å²) in [4.78, 5) is 2.44. The molecule has 0 saturated heterocycles. The molecule has 0 bridgehead atoms. The second kappa shape index (κ2) is 8.61. The summed E-state index contributed by atoms with van der Waals surface area (Å²) in [5.74, 6) is 0. The highest BCUT2D eigenvalue weighted by atomic mass is 15.2. The van der Waals surface area contributed by atoms with Crippen LogP contribution in [0.5, 0.6) is 0 Å². The lowest BCUT2D eigenvalue weighted by atomic mass is 9.34. The Hall–Kier alpha value is -5.28. The summed E-state index contributed by atoms with van der Waals surface area (Å²) in [5, 5.41) is 1.30. The van der Waals surface area contributed by atoms with Crippen LogP contribution < -0.4 is 21.3 Å². The van der Waals surface area contributed by atoms with Gasteiger partial charge in [-0.2, -0.15) is 0 Å². The topological polar surface area (TPSA) is 8.17 Å². The minimum Gasteiger partial charge on any atom is -0.311 e. The van der Waals surface area contributed by atoms with E-state index in [1.807, 2.05) is 0 Å². The van der Waals surface area contributed by atoms with Crippen molar-refractivity contribution in [2.75, 3.05) is 4.90 Å². The molecular weight excluding hydrogens is 495 g/mol. The summed E-state index contributed by atoms with van der Waals surface area (Å²) >= 11 is 0. The van der Waals surface area contributed by atoms with Gasteiger partial charge in [-0.1, -0.05) is 121 Å². The van der Waals surface area contributed by atoms with Crippen LogP contribution in [0.1, 0.15) is 0 Å². The van der Waals surface area contributed by atoms with Crippen molar-refractivity contribution in [3.63, 3.8) is 0 Å². The summed E-state index contributed by atoms with van der Waals surface area (Å²) < 4.78 is 2.55. The standard InChI is InChI=1S/C38H25BN2/c1-4-14-26(15-5-1)35-29-20-12-22-31-38(29)41(37(35)27-16-6-2-7-17-27)34-25-13-24-33-36(34)39(31)30-21-10-11-23-32(30)40(33)28-18-8-3-9-19-28/h1-25H. The highest BCUT2D eigenvalue weighted by Crippen LogP contribution is 2.45. The normalized spacial score (nSPS) is 12.8. The van der Waals surface area contributed by atoms with Crippen LogP contribution in [-0.2, 0) is 0 Å². The number of benzene rings is 6. The molecule has 9 rings (SSSR count). The van der Waals surface area contributed by atoms with E-state index in [0.29, 0.717) is 0 Å². The van der Waals surface area contributed by atoms with E-state index in [2.05, 4.69) is 161 Å². The van der Waals surface area contributed by atoms with Gasteiger partial charge >= 0.3 is 0 Å². The van der Waals surface area contributed by atoms with Crippen LogP contribution in [0.15, 0.2) is 152 Å². The molecule has 0 saturated carbocycles. The van der Waals surface area contributed by atoms with E-state index >= 15 is 0 Å². The number of hydrogen-bond donors (Lipinski definition) is 0. The zero-order chi connectivity index (χ0) is 26.9. The van der Waals surface area contributed by atoms with E-state index in [1.165, 1.54) is 72.4 Å². The lowest BCUT2D eigenvalue weighted by Crippen LogP contribution is -2.60. The molecule has 0 aliphatic carbocycles. The average molecular weight is 520 g/mol. The molecule has 2 nitrogen and oxygen atoms in total. The predicted octanol–water partition coefficient (Wildman–Crippen LogP) is 7.58. The number of nitrogens with zero attached hydrogens (tertiary/aromatic N) is 2. The SMILES string of the molecule is c1ccc(-c2c(-c3ccccc3)n3c4c(cccc24)B2c4ccccc4N(c4ccccc4)c4cccc-3c42)cc1. The molecule has 0 fully saturated rings. The maximum atomic E-state index is 2.55. The van der Waals surface area contributed by atoms with Gasteiger partial charge in [-0.05, 0) is 57.8 Å². The fourth-order valence-electron chi connectivity index (χ4n) is 7.23. The third kappa shape index (κ3) is 3.09. The smallest absolute Gasteiger partial charge is 0.252 e. The van der Waals surface area contributed by atoms with Crippen molar-refractivity contribution in [2.24, 2.45) is 0 Å². The van der Waals surface area contributed by atoms with E-state index < -0.39 is 0 Å². The Morgan fingerprint density at radius 3 is 1.80 bits per heavy atom. The molecule has 2 aliphatic rings. The summed E-state index contributed by atoms with van der Waals surface area (Å²) in [7, 11) is 0. The van der Waals surface area contributed by atoms with E-state index in [0.717, 1.165) is 0 Å². The number of rotatable bonds is 3. The Bertz CT molecular complexity index is 2100. The number of anilines is 3. The first-order valence-electron chi connectivity index (χ1n) is 14.3. The predicted molar refractivity (Wildman–Crippen MR) is 173 cm³/mol. The van der Waals surface area contributed by atoms with Crippen LogP contribution in [-0.4, -0.2) is 11.3 Å². The molecular formula is C38H25BN2. The minimum atomic E-state index is 0.149. The van der Waals surface area contributed by atoms with E-state index in [4.69, 9.17) is 0 Å². The molecule has 0 unspecified atom stereocenters. The van der Waals surface area contributed by atoms with Gasteiger partial charge in [0.1, 0.15) is 0 Å². The largest absolute Gasteiger partial charge is 0.311 e. The Morgan fingerprint density at radius 2 is 1.02 bits per heavy atom. The van der Waals surface area contributed by atoms with Crippen molar-refractivity contribution >= 4 is 51.1 Å². The third-order valence-corrected chi connectivity index (χ3v) is 8.77. The fourth-order valence-corrected chi connectivity index (χ4v) is 7.23. The van der Waals surface area contributed by atoms with Crippen LogP contribution >= 0.6 is 0 Å². The molecule has 7 aromatic rings. The summed E-state index contributed by atoms with van der Waals surface area (Å²) in [5.41, 5.74) is 15.3. The van der Waals surface area contributed by atoms with Crippen LogP contribution in [0.25, 0.3) is 39.0 Å². The van der Waals surface area contributed by atoms with Gasteiger partial charge < -0.3 is 9.47 Å². The van der Waals surface area contributed by atoms with Crippen molar-refractivity contribution in [3.8, 4) is 28.1 Å². The first-order valence-corrected chi connectivity index (χ1v) is 14.3. The molecule has 0 atom stereocenters. The lowest BCUT2D eigenvalue weighted by Gasteiger charge is -2.40. The van der Waals surface area contributed by atoms with Crippen LogP contribution in [0.4, 0.5) is 17.1 Å². The quantitative estimate of drug-likeness (QED) is 0.218. The van der Waals surface area contributed by atoms with Gasteiger partial charge in [0.05, 0.1) is 5.69 Å². The second-order valence-corrected chi connectivity index (χ2v) is 10.9. The van der Waals surface area contributed by atoms with Crippen molar-refractivity contribution < 1.29 is 0 Å². The van der Waals surface area contributed by atoms with E-state index in [-0.39, 0.29) is 6.71 Å². The molecule has 0 amide bonds. The lowest BCUT2D eigenvalue weighted by molar-refractivity contribution is 1.14. The highest BCUT2D eigenvalue weighted by molar-refractivity contribution is 7.00. The van der Waals surface area contributed by atoms with Gasteiger partial charge in [0.15, 0.2) is 0 Å². The first kappa shape index (κ1) is 22.5. The molecule has 6 aromatic carbocycles. The zero-order valence-corrected chi connectivity index (χ0v) is 22.4. The van der Waals surface area contributed by atoms with Gasteiger partial charge in [-0.25, -0.2) is 0 Å². The number of fused-ring (bicyclic) bond motifs is 4. The molecule has 41 heavy (non-hydrogen) atoms. The van der Waals surface area contributed by atoms with Gasteiger partial charge in [0.25, 0.3) is 6.71 Å². The monoisotopic (exact) mass is 520 g/mol. The zero-order valence-electron chi connectivity index (χ0n) is 22.4. The van der Waals surface area contributed by atoms with Crippen molar-refractivity contribution in [1.82, 2.24) is 4.57 Å². The molecule has 2 aliphatic heterocycles. The molecule has 0 N–H and O–H groups in total. The third-order valence-electron chi connectivity index (χ3n) is 8.77. The Balaban J connectivity index is 1.47. The summed E-state index contributed by atoms with van der Waals surface area (Å²) in [6.07, 6.45) is 0.